The van der Waals surface area contributed by atoms with Crippen LogP contribution in [0.5, 0.6) is 0 Å². The number of esters is 1. The Bertz CT molecular complexity index is 280. The minimum atomic E-state index is -4.79. The number of rotatable bonds is 3. The van der Waals surface area contributed by atoms with Gasteiger partial charge < -0.3 is 4.74 Å². The van der Waals surface area contributed by atoms with Crippen LogP contribution in [0.15, 0.2) is 0 Å². The van der Waals surface area contributed by atoms with Gasteiger partial charge in [0.1, 0.15) is 0 Å². The summed E-state index contributed by atoms with van der Waals surface area (Å²) < 4.78 is 37.5. The fourth-order valence-corrected chi connectivity index (χ4v) is 2.11. The molecule has 0 N–H and O–H groups in total. The molecule has 1 atom stereocenters. The molecule has 1 fully saturated rings. The van der Waals surface area contributed by atoms with Gasteiger partial charge in [-0.3, -0.25) is 4.79 Å². The van der Waals surface area contributed by atoms with Crippen LogP contribution < -0.4 is 0 Å². The summed E-state index contributed by atoms with van der Waals surface area (Å²) in [5, 5.41) is -1.59. The number of ether oxygens (including phenoxy) is 1. The molecular formula is C6H9FO4S. The van der Waals surface area contributed by atoms with Crippen LogP contribution in [-0.4, -0.2) is 26.7 Å². The first-order valence-corrected chi connectivity index (χ1v) is 4.93. The number of halogens is 1. The Labute approximate surface area is 69.9 Å². The second-order valence-corrected chi connectivity index (χ2v) is 4.22. The van der Waals surface area contributed by atoms with E-state index in [2.05, 4.69) is 4.74 Å². The van der Waals surface area contributed by atoms with E-state index < -0.39 is 21.4 Å². The number of hydrogen-bond donors (Lipinski definition) is 0. The molecule has 12 heavy (non-hydrogen) atoms. The molecule has 1 aliphatic rings. The molecule has 0 aromatic carbocycles. The molecule has 0 radical (unpaired) electrons. The van der Waals surface area contributed by atoms with Gasteiger partial charge in [-0.05, 0) is 18.8 Å². The second-order valence-electron chi connectivity index (χ2n) is 2.76. The van der Waals surface area contributed by atoms with Crippen LogP contribution in [-0.2, 0) is 19.8 Å². The quantitative estimate of drug-likeness (QED) is 0.479. The minimum Gasteiger partial charge on any atom is -0.468 e. The molecule has 6 heteroatoms. The standard InChI is InChI=1S/C6H9FO4S/c1-11-6(8)5(4-2-3-4)12(7,9)10/h4-5H,2-3H2,1H3. The first kappa shape index (κ1) is 9.44. The molecule has 1 aliphatic carbocycles. The van der Waals surface area contributed by atoms with Crippen molar-refractivity contribution in [1.82, 2.24) is 0 Å². The van der Waals surface area contributed by atoms with E-state index >= 15 is 0 Å². The average Bonchev–Trinajstić information content (AvgIpc) is 2.68. The summed E-state index contributed by atoms with van der Waals surface area (Å²) >= 11 is 0. The van der Waals surface area contributed by atoms with Crippen molar-refractivity contribution in [3.8, 4) is 0 Å². The van der Waals surface area contributed by atoms with Crippen molar-refractivity contribution in [3.05, 3.63) is 0 Å². The summed E-state index contributed by atoms with van der Waals surface area (Å²) in [6, 6.07) is 0. The highest BCUT2D eigenvalue weighted by atomic mass is 32.3. The number of carbonyl (C=O) groups is 1. The van der Waals surface area contributed by atoms with Gasteiger partial charge in [-0.25, -0.2) is 0 Å². The third-order valence-corrected chi connectivity index (χ3v) is 2.97. The summed E-state index contributed by atoms with van der Waals surface area (Å²) in [7, 11) is -3.74. The van der Waals surface area contributed by atoms with Gasteiger partial charge in [0, 0.05) is 0 Å². The summed E-state index contributed by atoms with van der Waals surface area (Å²) in [5.41, 5.74) is 0. The maximum absolute atomic E-state index is 12.5. The Kier molecular flexibility index (Phi) is 2.36. The van der Waals surface area contributed by atoms with E-state index in [1.165, 1.54) is 0 Å². The number of hydrogen-bond acceptors (Lipinski definition) is 4. The summed E-state index contributed by atoms with van der Waals surface area (Å²) in [5.74, 6) is -1.38. The molecule has 0 amide bonds. The van der Waals surface area contributed by atoms with E-state index in [-0.39, 0.29) is 5.92 Å². The van der Waals surface area contributed by atoms with Crippen molar-refractivity contribution >= 4 is 16.2 Å². The third-order valence-electron chi connectivity index (χ3n) is 1.79. The average molecular weight is 196 g/mol. The van der Waals surface area contributed by atoms with Gasteiger partial charge in [-0.1, -0.05) is 0 Å². The highest BCUT2D eigenvalue weighted by Crippen LogP contribution is 2.37. The van der Waals surface area contributed by atoms with Crippen molar-refractivity contribution in [2.24, 2.45) is 5.92 Å². The molecule has 70 valence electrons. The van der Waals surface area contributed by atoms with Crippen molar-refractivity contribution in [1.29, 1.82) is 0 Å². The summed E-state index contributed by atoms with van der Waals surface area (Å²) in [4.78, 5) is 10.8. The molecule has 1 unspecified atom stereocenters. The van der Waals surface area contributed by atoms with Crippen molar-refractivity contribution < 1.29 is 21.8 Å². The molecule has 0 saturated heterocycles. The third kappa shape index (κ3) is 1.94. The van der Waals surface area contributed by atoms with Gasteiger partial charge in [-0.2, -0.15) is 8.42 Å². The number of methoxy groups -OCH3 is 1. The number of carbonyl (C=O) groups excluding carboxylic acids is 1. The van der Waals surface area contributed by atoms with E-state index in [0.717, 1.165) is 7.11 Å². The molecule has 4 nitrogen and oxygen atoms in total. The largest absolute Gasteiger partial charge is 0.468 e. The lowest BCUT2D eigenvalue weighted by molar-refractivity contribution is -0.140. The van der Waals surface area contributed by atoms with E-state index in [4.69, 9.17) is 0 Å². The maximum Gasteiger partial charge on any atom is 0.327 e. The predicted molar refractivity (Wildman–Crippen MR) is 38.6 cm³/mol. The maximum atomic E-state index is 12.5. The molecule has 0 aromatic rings. The minimum absolute atomic E-state index is 0.382. The topological polar surface area (TPSA) is 60.4 Å². The zero-order valence-corrected chi connectivity index (χ0v) is 7.30. The second kappa shape index (κ2) is 3.01. The zero-order valence-electron chi connectivity index (χ0n) is 6.49. The van der Waals surface area contributed by atoms with Crippen LogP contribution in [0.2, 0.25) is 0 Å². The molecule has 1 rings (SSSR count). The van der Waals surface area contributed by atoms with Crippen molar-refractivity contribution in [2.45, 2.75) is 18.1 Å². The molecule has 0 bridgehead atoms. The van der Waals surface area contributed by atoms with Crippen molar-refractivity contribution in [3.63, 3.8) is 0 Å². The summed E-state index contributed by atoms with van der Waals surface area (Å²) in [6.45, 7) is 0. The van der Waals surface area contributed by atoms with Crippen LogP contribution in [0.1, 0.15) is 12.8 Å². The molecule has 0 aromatic heterocycles. The lowest BCUT2D eigenvalue weighted by Crippen LogP contribution is -2.30. The van der Waals surface area contributed by atoms with Crippen LogP contribution in [0.3, 0.4) is 0 Å². The van der Waals surface area contributed by atoms with E-state index in [9.17, 15) is 17.1 Å². The van der Waals surface area contributed by atoms with Crippen LogP contribution >= 0.6 is 0 Å². The molecule has 0 spiro atoms. The first-order valence-electron chi connectivity index (χ1n) is 3.48. The highest BCUT2D eigenvalue weighted by Gasteiger charge is 2.46. The fraction of sp³-hybridized carbons (Fsp3) is 0.833. The van der Waals surface area contributed by atoms with Gasteiger partial charge in [0.2, 0.25) is 0 Å². The van der Waals surface area contributed by atoms with Gasteiger partial charge in [0.05, 0.1) is 7.11 Å². The van der Waals surface area contributed by atoms with Crippen molar-refractivity contribution in [2.75, 3.05) is 7.11 Å². The van der Waals surface area contributed by atoms with Crippen LogP contribution in [0, 0.1) is 5.92 Å². The van der Waals surface area contributed by atoms with E-state index in [0.29, 0.717) is 12.8 Å². The Hall–Kier alpha value is -0.650. The predicted octanol–water partition coefficient (Wildman–Crippen LogP) is 0.237. The van der Waals surface area contributed by atoms with Crippen LogP contribution in [0.25, 0.3) is 0 Å². The van der Waals surface area contributed by atoms with Gasteiger partial charge in [-0.15, -0.1) is 3.89 Å². The summed E-state index contributed by atoms with van der Waals surface area (Å²) in [6.07, 6.45) is 1.14. The molecule has 0 heterocycles. The highest BCUT2D eigenvalue weighted by molar-refractivity contribution is 7.87. The zero-order chi connectivity index (χ0) is 9.35. The molecule has 0 aliphatic heterocycles. The Balaban J connectivity index is 2.81. The molecular weight excluding hydrogens is 187 g/mol. The lowest BCUT2D eigenvalue weighted by Gasteiger charge is -2.07. The Morgan fingerprint density at radius 3 is 2.33 bits per heavy atom. The Morgan fingerprint density at radius 2 is 2.08 bits per heavy atom. The first-order chi connectivity index (χ1) is 5.46. The molecule has 1 saturated carbocycles. The van der Waals surface area contributed by atoms with Gasteiger partial charge >= 0.3 is 16.2 Å². The normalized spacial score (nSPS) is 20.2. The van der Waals surface area contributed by atoms with E-state index in [1.807, 2.05) is 0 Å². The van der Waals surface area contributed by atoms with E-state index in [1.54, 1.807) is 0 Å². The lowest BCUT2D eigenvalue weighted by atomic mass is 10.3. The fourth-order valence-electron chi connectivity index (χ4n) is 1.05. The smallest absolute Gasteiger partial charge is 0.327 e. The monoisotopic (exact) mass is 196 g/mol. The van der Waals surface area contributed by atoms with Crippen LogP contribution in [0.4, 0.5) is 3.89 Å². The Morgan fingerprint density at radius 1 is 1.58 bits per heavy atom. The van der Waals surface area contributed by atoms with Gasteiger partial charge in [0.25, 0.3) is 0 Å². The SMILES string of the molecule is COC(=O)C(C1CC1)S(=O)(=O)F. The van der Waals surface area contributed by atoms with Gasteiger partial charge in [0.15, 0.2) is 5.25 Å².